The van der Waals surface area contributed by atoms with Gasteiger partial charge in [0.25, 0.3) is 0 Å². The Bertz CT molecular complexity index is 392. The van der Waals surface area contributed by atoms with Crippen molar-refractivity contribution in [3.8, 4) is 0 Å². The number of esters is 2. The first-order valence-electron chi connectivity index (χ1n) is 8.41. The van der Waals surface area contributed by atoms with Crippen LogP contribution in [0.25, 0.3) is 0 Å². The molecule has 0 aromatic carbocycles. The summed E-state index contributed by atoms with van der Waals surface area (Å²) in [5, 5.41) is 0. The molecular weight excluding hydrogens is 268 g/mol. The first-order chi connectivity index (χ1) is 10.00. The molecule has 0 aromatic rings. The van der Waals surface area contributed by atoms with Crippen LogP contribution in [0, 0.1) is 11.3 Å². The van der Waals surface area contributed by atoms with Crippen molar-refractivity contribution in [2.75, 3.05) is 0 Å². The van der Waals surface area contributed by atoms with Crippen molar-refractivity contribution in [3.63, 3.8) is 0 Å². The smallest absolute Gasteiger partial charge is 0.312 e. The molecule has 4 unspecified atom stereocenters. The number of rotatable bonds is 5. The molecule has 1 aliphatic carbocycles. The lowest BCUT2D eigenvalue weighted by Crippen LogP contribution is -2.38. The average molecular weight is 296 g/mol. The summed E-state index contributed by atoms with van der Waals surface area (Å²) in [5.74, 6) is -0.212. The van der Waals surface area contributed by atoms with Gasteiger partial charge >= 0.3 is 11.9 Å². The van der Waals surface area contributed by atoms with Gasteiger partial charge in [0.05, 0.1) is 11.3 Å². The van der Waals surface area contributed by atoms with Crippen LogP contribution in [0.3, 0.4) is 0 Å². The second-order valence-electron chi connectivity index (χ2n) is 6.80. The number of hydrogen-bond donors (Lipinski definition) is 0. The zero-order valence-corrected chi connectivity index (χ0v) is 13.5. The number of carbonyl (C=O) groups is 2. The number of hydrogen-bond acceptors (Lipinski definition) is 4. The highest BCUT2D eigenvalue weighted by Crippen LogP contribution is 2.36. The van der Waals surface area contributed by atoms with Gasteiger partial charge in [-0.2, -0.15) is 0 Å². The van der Waals surface area contributed by atoms with Gasteiger partial charge in [0.1, 0.15) is 12.2 Å². The number of fused-ring (bicyclic) bond motifs is 2. The zero-order chi connectivity index (χ0) is 15.5. The number of carbonyl (C=O) groups excluding carboxylic acids is 2. The quantitative estimate of drug-likeness (QED) is 0.727. The lowest BCUT2D eigenvalue weighted by atomic mass is 9.83. The Morgan fingerprint density at radius 2 is 2.05 bits per heavy atom. The molecule has 0 aromatic heterocycles. The van der Waals surface area contributed by atoms with Crippen LogP contribution in [-0.2, 0) is 19.1 Å². The molecule has 2 bridgehead atoms. The van der Waals surface area contributed by atoms with Crippen molar-refractivity contribution in [3.05, 3.63) is 0 Å². The van der Waals surface area contributed by atoms with Gasteiger partial charge in [-0.05, 0) is 39.0 Å². The van der Waals surface area contributed by atoms with Crippen LogP contribution >= 0.6 is 0 Å². The lowest BCUT2D eigenvalue weighted by Gasteiger charge is -2.30. The maximum atomic E-state index is 12.5. The van der Waals surface area contributed by atoms with Crippen LogP contribution < -0.4 is 0 Å². The van der Waals surface area contributed by atoms with E-state index < -0.39 is 5.41 Å². The van der Waals surface area contributed by atoms with Gasteiger partial charge in [0.15, 0.2) is 0 Å². The topological polar surface area (TPSA) is 52.6 Å². The minimum atomic E-state index is -0.418. The molecule has 4 nitrogen and oxygen atoms in total. The van der Waals surface area contributed by atoms with Crippen LogP contribution in [-0.4, -0.2) is 24.1 Å². The molecule has 2 rings (SSSR count). The van der Waals surface area contributed by atoms with Crippen LogP contribution in [0.2, 0.25) is 0 Å². The molecule has 1 saturated carbocycles. The lowest BCUT2D eigenvalue weighted by molar-refractivity contribution is -0.171. The van der Waals surface area contributed by atoms with Gasteiger partial charge in [-0.25, -0.2) is 0 Å². The predicted octanol–water partition coefficient (Wildman–Crippen LogP) is 3.62. The minimum absolute atomic E-state index is 0.0182. The molecule has 2 fully saturated rings. The maximum absolute atomic E-state index is 12.5. The van der Waals surface area contributed by atoms with Gasteiger partial charge in [-0.1, -0.05) is 26.7 Å². The predicted molar refractivity (Wildman–Crippen MR) is 79.6 cm³/mol. The van der Waals surface area contributed by atoms with E-state index in [-0.39, 0.29) is 30.1 Å². The van der Waals surface area contributed by atoms with Gasteiger partial charge in [-0.3, -0.25) is 9.59 Å². The van der Waals surface area contributed by atoms with Gasteiger partial charge in [0, 0.05) is 6.42 Å². The Hall–Kier alpha value is -1.06. The fourth-order valence-corrected chi connectivity index (χ4v) is 3.45. The van der Waals surface area contributed by atoms with E-state index in [1.54, 1.807) is 0 Å². The summed E-state index contributed by atoms with van der Waals surface area (Å²) < 4.78 is 11.2. The third-order valence-corrected chi connectivity index (χ3v) is 5.16. The van der Waals surface area contributed by atoms with E-state index in [9.17, 15) is 9.59 Å². The fraction of sp³-hybridized carbons (Fsp3) is 0.882. The van der Waals surface area contributed by atoms with Crippen molar-refractivity contribution >= 4 is 11.9 Å². The monoisotopic (exact) mass is 296 g/mol. The summed E-state index contributed by atoms with van der Waals surface area (Å²) in [6.45, 7) is 6.09. The Morgan fingerprint density at radius 3 is 2.71 bits per heavy atom. The highest BCUT2D eigenvalue weighted by Gasteiger charge is 2.43. The molecule has 120 valence electrons. The summed E-state index contributed by atoms with van der Waals surface area (Å²) in [6, 6.07) is 0. The molecule has 1 heterocycles. The molecule has 4 atom stereocenters. The van der Waals surface area contributed by atoms with Crippen molar-refractivity contribution in [2.24, 2.45) is 11.3 Å². The van der Waals surface area contributed by atoms with Gasteiger partial charge in [-0.15, -0.1) is 0 Å². The Kier molecular flexibility index (Phi) is 5.28. The van der Waals surface area contributed by atoms with Crippen LogP contribution in [0.15, 0.2) is 0 Å². The molecule has 2 aliphatic rings. The Morgan fingerprint density at radius 1 is 1.33 bits per heavy atom. The molecule has 1 aliphatic heterocycles. The van der Waals surface area contributed by atoms with Crippen LogP contribution in [0.1, 0.15) is 72.1 Å². The Labute approximate surface area is 127 Å². The average Bonchev–Trinajstić information content (AvgIpc) is 2.83. The first kappa shape index (κ1) is 16.3. The molecule has 0 radical (unpaired) electrons. The standard InChI is InChI=1S/C17H28O4/c1-4-10-17(3,5-2)16(19)21-13-9-7-6-8-12-11-14(13)20-15(12)18/h12-14H,4-11H2,1-3H3. The summed E-state index contributed by atoms with van der Waals surface area (Å²) in [4.78, 5) is 24.3. The Balaban J connectivity index is 2.03. The summed E-state index contributed by atoms with van der Waals surface area (Å²) in [7, 11) is 0. The third kappa shape index (κ3) is 3.58. The van der Waals surface area contributed by atoms with Crippen LogP contribution in [0.4, 0.5) is 0 Å². The summed E-state index contributed by atoms with van der Waals surface area (Å²) in [5.41, 5.74) is -0.418. The van der Waals surface area contributed by atoms with Gasteiger partial charge in [0.2, 0.25) is 0 Å². The SMILES string of the molecule is CCCC(C)(CC)C(=O)OC1CCCCC2CC1OC2=O. The molecule has 0 N–H and O–H groups in total. The van der Waals surface area contributed by atoms with E-state index in [0.29, 0.717) is 6.42 Å². The molecule has 1 saturated heterocycles. The van der Waals surface area contributed by atoms with Gasteiger partial charge < -0.3 is 9.47 Å². The second kappa shape index (κ2) is 6.80. The van der Waals surface area contributed by atoms with Crippen molar-refractivity contribution in [1.29, 1.82) is 0 Å². The highest BCUT2D eigenvalue weighted by molar-refractivity contribution is 5.77. The van der Waals surface area contributed by atoms with Crippen LogP contribution in [0.5, 0.6) is 0 Å². The van der Waals surface area contributed by atoms with E-state index in [2.05, 4.69) is 6.92 Å². The highest BCUT2D eigenvalue weighted by atomic mass is 16.6. The maximum Gasteiger partial charge on any atom is 0.312 e. The van der Waals surface area contributed by atoms with E-state index in [1.165, 1.54) is 0 Å². The molecule has 21 heavy (non-hydrogen) atoms. The molecule has 4 heteroatoms. The first-order valence-corrected chi connectivity index (χ1v) is 8.41. The van der Waals surface area contributed by atoms with E-state index >= 15 is 0 Å². The second-order valence-corrected chi connectivity index (χ2v) is 6.80. The fourth-order valence-electron chi connectivity index (χ4n) is 3.45. The normalized spacial score (nSPS) is 31.8. The largest absolute Gasteiger partial charge is 0.458 e. The molecule has 0 amide bonds. The third-order valence-electron chi connectivity index (χ3n) is 5.16. The zero-order valence-electron chi connectivity index (χ0n) is 13.5. The van der Waals surface area contributed by atoms with Crippen molar-refractivity contribution in [2.45, 2.75) is 84.3 Å². The summed E-state index contributed by atoms with van der Waals surface area (Å²) in [6.07, 6.45) is 6.54. The van der Waals surface area contributed by atoms with E-state index in [4.69, 9.17) is 9.47 Å². The minimum Gasteiger partial charge on any atom is -0.458 e. The van der Waals surface area contributed by atoms with E-state index in [0.717, 1.165) is 44.9 Å². The number of ether oxygens (including phenoxy) is 2. The summed E-state index contributed by atoms with van der Waals surface area (Å²) >= 11 is 0. The van der Waals surface area contributed by atoms with Crippen molar-refractivity contribution < 1.29 is 19.1 Å². The van der Waals surface area contributed by atoms with Crippen molar-refractivity contribution in [1.82, 2.24) is 0 Å². The molecule has 0 spiro atoms. The molecular formula is C17H28O4. The van der Waals surface area contributed by atoms with E-state index in [1.807, 2.05) is 13.8 Å².